The molecule has 1 heterocycles. The highest BCUT2D eigenvalue weighted by atomic mass is 16.5. The van der Waals surface area contributed by atoms with Crippen molar-refractivity contribution >= 4 is 11.8 Å². The molecular weight excluding hydrogens is 318 g/mol. The first-order chi connectivity index (χ1) is 11.7. The van der Waals surface area contributed by atoms with E-state index >= 15 is 0 Å². The number of amides is 2. The number of carbonyl (C=O) groups is 2. The molecule has 6 heteroatoms. The molecular formula is C19H37N3O3. The summed E-state index contributed by atoms with van der Waals surface area (Å²) < 4.78 is 5.47. The van der Waals surface area contributed by atoms with Gasteiger partial charge in [0.1, 0.15) is 0 Å². The van der Waals surface area contributed by atoms with Gasteiger partial charge in [-0.25, -0.2) is 0 Å². The lowest BCUT2D eigenvalue weighted by atomic mass is 9.95. The van der Waals surface area contributed by atoms with Gasteiger partial charge in [0.2, 0.25) is 11.8 Å². The molecule has 1 aliphatic heterocycles. The Morgan fingerprint density at radius 1 is 1.24 bits per heavy atom. The van der Waals surface area contributed by atoms with Crippen LogP contribution in [-0.4, -0.2) is 61.1 Å². The summed E-state index contributed by atoms with van der Waals surface area (Å²) in [6, 6.07) is 0. The Hall–Kier alpha value is -1.14. The summed E-state index contributed by atoms with van der Waals surface area (Å²) in [5.41, 5.74) is -0.158. The molecule has 6 nitrogen and oxygen atoms in total. The number of ether oxygens (including phenoxy) is 1. The SMILES string of the molecule is CCC(C)(C)NC(=O)CN1CCC(C(=O)NCCCOC(C)C)CC1. The first kappa shape index (κ1) is 21.9. The molecule has 0 aromatic heterocycles. The molecule has 146 valence electrons. The fraction of sp³-hybridized carbons (Fsp3) is 0.895. The lowest BCUT2D eigenvalue weighted by molar-refractivity contribution is -0.127. The Kier molecular flexibility index (Phi) is 9.43. The van der Waals surface area contributed by atoms with E-state index in [0.29, 0.717) is 19.7 Å². The van der Waals surface area contributed by atoms with Gasteiger partial charge in [-0.1, -0.05) is 6.92 Å². The zero-order valence-corrected chi connectivity index (χ0v) is 16.7. The first-order valence-corrected chi connectivity index (χ1v) is 9.66. The Labute approximate surface area is 153 Å². The number of hydrogen-bond donors (Lipinski definition) is 2. The second-order valence-electron chi connectivity index (χ2n) is 7.90. The molecule has 0 spiro atoms. The molecule has 25 heavy (non-hydrogen) atoms. The van der Waals surface area contributed by atoms with Crippen LogP contribution < -0.4 is 10.6 Å². The highest BCUT2D eigenvalue weighted by Gasteiger charge is 2.26. The van der Waals surface area contributed by atoms with E-state index in [2.05, 4.69) is 22.5 Å². The molecule has 0 radical (unpaired) electrons. The molecule has 1 fully saturated rings. The highest BCUT2D eigenvalue weighted by Crippen LogP contribution is 2.17. The van der Waals surface area contributed by atoms with Crippen molar-refractivity contribution in [3.05, 3.63) is 0 Å². The molecule has 0 bridgehead atoms. The summed E-state index contributed by atoms with van der Waals surface area (Å²) in [6.07, 6.45) is 3.62. The van der Waals surface area contributed by atoms with Crippen LogP contribution in [-0.2, 0) is 14.3 Å². The second kappa shape index (κ2) is 10.8. The van der Waals surface area contributed by atoms with Crippen molar-refractivity contribution in [3.8, 4) is 0 Å². The van der Waals surface area contributed by atoms with Crippen LogP contribution in [0.2, 0.25) is 0 Å². The van der Waals surface area contributed by atoms with Crippen LogP contribution in [0.5, 0.6) is 0 Å². The maximum absolute atomic E-state index is 12.2. The topological polar surface area (TPSA) is 70.7 Å². The van der Waals surface area contributed by atoms with E-state index < -0.39 is 0 Å². The smallest absolute Gasteiger partial charge is 0.234 e. The average molecular weight is 356 g/mol. The molecule has 0 aromatic carbocycles. The molecule has 0 atom stereocenters. The molecule has 1 rings (SSSR count). The third-order valence-corrected chi connectivity index (χ3v) is 4.76. The number of hydrogen-bond acceptors (Lipinski definition) is 4. The number of likely N-dealkylation sites (tertiary alicyclic amines) is 1. The normalized spacial score (nSPS) is 16.9. The van der Waals surface area contributed by atoms with Gasteiger partial charge in [-0.05, 0) is 66.5 Å². The van der Waals surface area contributed by atoms with Crippen molar-refractivity contribution in [2.75, 3.05) is 32.8 Å². The second-order valence-corrected chi connectivity index (χ2v) is 7.90. The molecule has 0 saturated carbocycles. The average Bonchev–Trinajstić information content (AvgIpc) is 2.54. The van der Waals surface area contributed by atoms with E-state index in [9.17, 15) is 9.59 Å². The zero-order chi connectivity index (χ0) is 18.9. The number of nitrogens with one attached hydrogen (secondary N) is 2. The third kappa shape index (κ3) is 9.21. The monoisotopic (exact) mass is 355 g/mol. The van der Waals surface area contributed by atoms with Crippen molar-refractivity contribution in [2.45, 2.75) is 71.9 Å². The van der Waals surface area contributed by atoms with Gasteiger partial charge >= 0.3 is 0 Å². The van der Waals surface area contributed by atoms with Crippen molar-refractivity contribution in [1.29, 1.82) is 0 Å². The predicted octanol–water partition coefficient (Wildman–Crippen LogP) is 1.93. The Bertz CT molecular complexity index is 416. The molecule has 1 saturated heterocycles. The largest absolute Gasteiger partial charge is 0.379 e. The van der Waals surface area contributed by atoms with Gasteiger partial charge in [0.15, 0.2) is 0 Å². The Balaban J connectivity index is 2.20. The van der Waals surface area contributed by atoms with Crippen LogP contribution in [0.4, 0.5) is 0 Å². The van der Waals surface area contributed by atoms with E-state index in [0.717, 1.165) is 38.8 Å². The van der Waals surface area contributed by atoms with E-state index in [4.69, 9.17) is 4.74 Å². The third-order valence-electron chi connectivity index (χ3n) is 4.76. The Morgan fingerprint density at radius 3 is 2.44 bits per heavy atom. The molecule has 1 aliphatic rings. The summed E-state index contributed by atoms with van der Waals surface area (Å²) >= 11 is 0. The maximum atomic E-state index is 12.2. The van der Waals surface area contributed by atoms with E-state index in [-0.39, 0.29) is 29.4 Å². The van der Waals surface area contributed by atoms with Gasteiger partial charge in [0.05, 0.1) is 12.6 Å². The van der Waals surface area contributed by atoms with Crippen molar-refractivity contribution in [3.63, 3.8) is 0 Å². The Morgan fingerprint density at radius 2 is 1.88 bits per heavy atom. The van der Waals surface area contributed by atoms with Crippen molar-refractivity contribution < 1.29 is 14.3 Å². The van der Waals surface area contributed by atoms with Crippen molar-refractivity contribution in [1.82, 2.24) is 15.5 Å². The van der Waals surface area contributed by atoms with Gasteiger partial charge in [-0.15, -0.1) is 0 Å². The summed E-state index contributed by atoms with van der Waals surface area (Å²) in [6.45, 7) is 13.5. The number of nitrogens with zero attached hydrogens (tertiary/aromatic N) is 1. The maximum Gasteiger partial charge on any atom is 0.234 e. The lowest BCUT2D eigenvalue weighted by Crippen LogP contribution is -2.49. The summed E-state index contributed by atoms with van der Waals surface area (Å²) in [4.78, 5) is 26.4. The summed E-state index contributed by atoms with van der Waals surface area (Å²) in [5.74, 6) is 0.276. The fourth-order valence-corrected chi connectivity index (χ4v) is 2.81. The van der Waals surface area contributed by atoms with Crippen molar-refractivity contribution in [2.24, 2.45) is 5.92 Å². The fourth-order valence-electron chi connectivity index (χ4n) is 2.81. The van der Waals surface area contributed by atoms with E-state index in [1.165, 1.54) is 0 Å². The quantitative estimate of drug-likeness (QED) is 0.588. The van der Waals surface area contributed by atoms with Gasteiger partial charge in [0.25, 0.3) is 0 Å². The van der Waals surface area contributed by atoms with Gasteiger partial charge in [0, 0.05) is 24.6 Å². The molecule has 0 aliphatic carbocycles. The van der Waals surface area contributed by atoms with Crippen LogP contribution in [0.3, 0.4) is 0 Å². The lowest BCUT2D eigenvalue weighted by Gasteiger charge is -2.32. The van der Waals surface area contributed by atoms with Crippen LogP contribution in [0.1, 0.15) is 60.3 Å². The first-order valence-electron chi connectivity index (χ1n) is 9.66. The van der Waals surface area contributed by atoms with Gasteiger partial charge in [-0.2, -0.15) is 0 Å². The number of piperidine rings is 1. The zero-order valence-electron chi connectivity index (χ0n) is 16.7. The summed E-state index contributed by atoms with van der Waals surface area (Å²) in [5, 5.41) is 6.07. The van der Waals surface area contributed by atoms with Crippen LogP contribution in [0, 0.1) is 5.92 Å². The molecule has 2 amide bonds. The minimum atomic E-state index is -0.158. The minimum Gasteiger partial charge on any atom is -0.379 e. The molecule has 0 aromatic rings. The van der Waals surface area contributed by atoms with Crippen LogP contribution in [0.15, 0.2) is 0 Å². The molecule has 2 N–H and O–H groups in total. The number of carbonyl (C=O) groups excluding carboxylic acids is 2. The number of rotatable bonds is 10. The summed E-state index contributed by atoms with van der Waals surface area (Å²) in [7, 11) is 0. The van der Waals surface area contributed by atoms with Gasteiger partial charge in [-0.3, -0.25) is 14.5 Å². The minimum absolute atomic E-state index is 0.0670. The van der Waals surface area contributed by atoms with E-state index in [1.54, 1.807) is 0 Å². The van der Waals surface area contributed by atoms with E-state index in [1.807, 2.05) is 27.7 Å². The predicted molar refractivity (Wildman–Crippen MR) is 100 cm³/mol. The van der Waals surface area contributed by atoms with Crippen LogP contribution >= 0.6 is 0 Å². The molecule has 0 unspecified atom stereocenters. The van der Waals surface area contributed by atoms with Gasteiger partial charge < -0.3 is 15.4 Å². The standard InChI is InChI=1S/C19H37N3O3/c1-6-19(4,5)21-17(23)14-22-11-8-16(9-12-22)18(24)20-10-7-13-25-15(2)3/h15-16H,6-14H2,1-5H3,(H,20,24)(H,21,23). The van der Waals surface area contributed by atoms with Crippen LogP contribution in [0.25, 0.3) is 0 Å². The highest BCUT2D eigenvalue weighted by molar-refractivity contribution is 5.79.